The Kier molecular flexibility index (Phi) is 5.17. The van der Waals surface area contributed by atoms with Gasteiger partial charge in [-0.3, -0.25) is 4.72 Å². The van der Waals surface area contributed by atoms with Crippen molar-refractivity contribution in [1.29, 1.82) is 0 Å². The quantitative estimate of drug-likeness (QED) is 0.812. The number of ether oxygens (including phenoxy) is 2. The summed E-state index contributed by atoms with van der Waals surface area (Å²) in [7, 11) is -1.36. The van der Waals surface area contributed by atoms with E-state index in [2.05, 4.69) is 4.72 Å². The zero-order chi connectivity index (χ0) is 18.8. The first-order valence-corrected chi connectivity index (χ1v) is 8.46. The Morgan fingerprint density at radius 1 is 1.12 bits per heavy atom. The molecule has 2 N–H and O–H groups in total. The van der Waals surface area contributed by atoms with Gasteiger partial charge in [0.2, 0.25) is 0 Å². The van der Waals surface area contributed by atoms with Gasteiger partial charge in [-0.05, 0) is 36.8 Å². The molecule has 134 valence electrons. The summed E-state index contributed by atoms with van der Waals surface area (Å²) in [5.74, 6) is -1.69. The fraction of sp³-hybridized carbons (Fsp3) is 0.188. The Morgan fingerprint density at radius 3 is 2.28 bits per heavy atom. The molecule has 9 heteroatoms. The molecular formula is C16H16FNO6S. The fourth-order valence-electron chi connectivity index (χ4n) is 2.23. The fourth-order valence-corrected chi connectivity index (χ4v) is 3.56. The maximum Gasteiger partial charge on any atom is 0.337 e. The Hall–Kier alpha value is -2.81. The molecule has 0 fully saturated rings. The van der Waals surface area contributed by atoms with Crippen molar-refractivity contribution in [3.05, 3.63) is 47.3 Å². The molecule has 0 saturated carbocycles. The van der Waals surface area contributed by atoms with E-state index >= 15 is 0 Å². The average Bonchev–Trinajstić information content (AvgIpc) is 2.55. The molecule has 0 aliphatic rings. The van der Waals surface area contributed by atoms with Gasteiger partial charge in [-0.2, -0.15) is 0 Å². The molecule has 0 amide bonds. The largest absolute Gasteiger partial charge is 0.493 e. The number of hydrogen-bond donors (Lipinski definition) is 2. The third-order valence-electron chi connectivity index (χ3n) is 3.43. The Bertz CT molecular complexity index is 926. The molecule has 25 heavy (non-hydrogen) atoms. The van der Waals surface area contributed by atoms with Crippen molar-refractivity contribution in [1.82, 2.24) is 0 Å². The number of carbonyl (C=O) groups is 1. The molecule has 0 radical (unpaired) electrons. The summed E-state index contributed by atoms with van der Waals surface area (Å²) in [6.07, 6.45) is 0. The van der Waals surface area contributed by atoms with Crippen LogP contribution in [-0.4, -0.2) is 33.7 Å². The van der Waals surface area contributed by atoms with Gasteiger partial charge in [-0.1, -0.05) is 0 Å². The van der Waals surface area contributed by atoms with Gasteiger partial charge in [0.15, 0.2) is 11.5 Å². The third-order valence-corrected chi connectivity index (χ3v) is 4.93. The number of sulfonamides is 1. The van der Waals surface area contributed by atoms with E-state index < -0.39 is 27.4 Å². The van der Waals surface area contributed by atoms with E-state index in [4.69, 9.17) is 14.6 Å². The maximum absolute atomic E-state index is 13.2. The summed E-state index contributed by atoms with van der Waals surface area (Å²) >= 11 is 0. The lowest BCUT2D eigenvalue weighted by Crippen LogP contribution is -2.17. The second kappa shape index (κ2) is 6.98. The number of carboxylic acid groups (broad SMARTS) is 1. The first-order valence-electron chi connectivity index (χ1n) is 6.98. The molecule has 2 aromatic carbocycles. The van der Waals surface area contributed by atoms with Gasteiger partial charge < -0.3 is 14.6 Å². The molecule has 2 aromatic rings. The van der Waals surface area contributed by atoms with Crippen LogP contribution < -0.4 is 14.2 Å². The second-order valence-electron chi connectivity index (χ2n) is 5.07. The lowest BCUT2D eigenvalue weighted by molar-refractivity contribution is 0.0697. The van der Waals surface area contributed by atoms with Gasteiger partial charge in [-0.25, -0.2) is 17.6 Å². The average molecular weight is 369 g/mol. The van der Waals surface area contributed by atoms with Crippen molar-refractivity contribution >= 4 is 21.7 Å². The SMILES string of the molecule is COc1cc(C)c(S(=O)(=O)Nc2ccc(F)cc2C(=O)O)cc1OC. The van der Waals surface area contributed by atoms with Crippen molar-refractivity contribution in [2.45, 2.75) is 11.8 Å². The van der Waals surface area contributed by atoms with Crippen LogP contribution >= 0.6 is 0 Å². The van der Waals surface area contributed by atoms with Crippen LogP contribution in [-0.2, 0) is 10.0 Å². The molecular weight excluding hydrogens is 353 g/mol. The highest BCUT2D eigenvalue weighted by molar-refractivity contribution is 7.92. The molecule has 0 heterocycles. The molecule has 0 aliphatic carbocycles. The minimum absolute atomic E-state index is 0.120. The smallest absolute Gasteiger partial charge is 0.337 e. The summed E-state index contributed by atoms with van der Waals surface area (Å²) in [5.41, 5.74) is -0.381. The van der Waals surface area contributed by atoms with Crippen LogP contribution in [0.3, 0.4) is 0 Å². The number of benzene rings is 2. The molecule has 2 rings (SSSR count). The minimum Gasteiger partial charge on any atom is -0.493 e. The third kappa shape index (κ3) is 3.82. The Balaban J connectivity index is 2.53. The van der Waals surface area contributed by atoms with Crippen LogP contribution in [0.2, 0.25) is 0 Å². The summed E-state index contributed by atoms with van der Waals surface area (Å²) in [5, 5.41) is 9.12. The second-order valence-corrected chi connectivity index (χ2v) is 6.72. The van der Waals surface area contributed by atoms with Crippen LogP contribution in [0.15, 0.2) is 35.2 Å². The van der Waals surface area contributed by atoms with E-state index in [0.717, 1.165) is 18.2 Å². The summed E-state index contributed by atoms with van der Waals surface area (Å²) < 4.78 is 50.9. The van der Waals surface area contributed by atoms with Crippen LogP contribution in [0.4, 0.5) is 10.1 Å². The molecule has 0 unspecified atom stereocenters. The number of methoxy groups -OCH3 is 2. The van der Waals surface area contributed by atoms with Crippen molar-refractivity contribution in [2.24, 2.45) is 0 Å². The highest BCUT2D eigenvalue weighted by Crippen LogP contribution is 2.33. The molecule has 0 saturated heterocycles. The van der Waals surface area contributed by atoms with Crippen molar-refractivity contribution in [3.8, 4) is 11.5 Å². The number of rotatable bonds is 6. The molecule has 0 bridgehead atoms. The molecule has 0 aliphatic heterocycles. The van der Waals surface area contributed by atoms with E-state index in [-0.39, 0.29) is 16.3 Å². The van der Waals surface area contributed by atoms with Crippen molar-refractivity contribution in [3.63, 3.8) is 0 Å². The van der Waals surface area contributed by atoms with Gasteiger partial charge in [-0.15, -0.1) is 0 Å². The zero-order valence-electron chi connectivity index (χ0n) is 13.7. The molecule has 0 atom stereocenters. The number of carboxylic acids is 1. The number of aromatic carboxylic acids is 1. The number of hydrogen-bond acceptors (Lipinski definition) is 5. The van der Waals surface area contributed by atoms with E-state index in [1.807, 2.05) is 0 Å². The molecule has 0 spiro atoms. The van der Waals surface area contributed by atoms with Gasteiger partial charge in [0.05, 0.1) is 30.4 Å². The van der Waals surface area contributed by atoms with Crippen LogP contribution in [0.25, 0.3) is 0 Å². The van der Waals surface area contributed by atoms with Gasteiger partial charge in [0.25, 0.3) is 10.0 Å². The first kappa shape index (κ1) is 18.5. The van der Waals surface area contributed by atoms with Gasteiger partial charge in [0, 0.05) is 6.07 Å². The monoisotopic (exact) mass is 369 g/mol. The highest BCUT2D eigenvalue weighted by atomic mass is 32.2. The number of halogens is 1. The van der Waals surface area contributed by atoms with E-state index in [1.54, 1.807) is 6.92 Å². The van der Waals surface area contributed by atoms with E-state index in [1.165, 1.54) is 26.4 Å². The lowest BCUT2D eigenvalue weighted by atomic mass is 10.2. The van der Waals surface area contributed by atoms with Crippen molar-refractivity contribution < 1.29 is 32.2 Å². The summed E-state index contributed by atoms with van der Waals surface area (Å²) in [6, 6.07) is 5.50. The summed E-state index contributed by atoms with van der Waals surface area (Å²) in [4.78, 5) is 11.1. The number of nitrogens with one attached hydrogen (secondary N) is 1. The zero-order valence-corrected chi connectivity index (χ0v) is 14.5. The van der Waals surface area contributed by atoms with E-state index in [9.17, 15) is 17.6 Å². The standard InChI is InChI=1S/C16H16FNO6S/c1-9-6-13(23-2)14(24-3)8-15(9)25(21,22)18-12-5-4-10(17)7-11(12)16(19)20/h4-8,18H,1-3H3,(H,19,20). The molecule has 0 aromatic heterocycles. The normalized spacial score (nSPS) is 11.0. The minimum atomic E-state index is -4.14. The Morgan fingerprint density at radius 2 is 1.72 bits per heavy atom. The van der Waals surface area contributed by atoms with Gasteiger partial charge in [0.1, 0.15) is 5.82 Å². The Labute approximate surface area is 144 Å². The van der Waals surface area contributed by atoms with E-state index in [0.29, 0.717) is 11.3 Å². The maximum atomic E-state index is 13.2. The number of anilines is 1. The predicted molar refractivity (Wildman–Crippen MR) is 88.5 cm³/mol. The highest BCUT2D eigenvalue weighted by Gasteiger charge is 2.23. The molecule has 7 nitrogen and oxygen atoms in total. The number of aryl methyl sites for hydroxylation is 1. The predicted octanol–water partition coefficient (Wildman–Crippen LogP) is 2.65. The summed E-state index contributed by atoms with van der Waals surface area (Å²) in [6.45, 7) is 1.55. The van der Waals surface area contributed by atoms with Gasteiger partial charge >= 0.3 is 5.97 Å². The first-order chi connectivity index (χ1) is 11.7. The van der Waals surface area contributed by atoms with Crippen LogP contribution in [0.5, 0.6) is 11.5 Å². The lowest BCUT2D eigenvalue weighted by Gasteiger charge is -2.15. The van der Waals surface area contributed by atoms with Crippen molar-refractivity contribution in [2.75, 3.05) is 18.9 Å². The van der Waals surface area contributed by atoms with Crippen LogP contribution in [0, 0.1) is 12.7 Å². The topological polar surface area (TPSA) is 102 Å². The van der Waals surface area contributed by atoms with Crippen LogP contribution in [0.1, 0.15) is 15.9 Å².